The highest BCUT2D eigenvalue weighted by Crippen LogP contribution is 2.31. The van der Waals surface area contributed by atoms with E-state index in [1.165, 1.54) is 12.1 Å². The summed E-state index contributed by atoms with van der Waals surface area (Å²) in [5.74, 6) is -0.865. The molecule has 0 aliphatic heterocycles. The third-order valence-electron chi connectivity index (χ3n) is 2.84. The number of rotatable bonds is 5. The van der Waals surface area contributed by atoms with Crippen molar-refractivity contribution >= 4 is 46.4 Å². The molecule has 2 amide bonds. The number of nitrogens with one attached hydrogen (secondary N) is 1. The number of carbonyl (C=O) groups excluding carboxylic acids is 2. The quantitative estimate of drug-likeness (QED) is 0.718. The van der Waals surface area contributed by atoms with Crippen molar-refractivity contribution in [3.63, 3.8) is 0 Å². The first-order valence-electron chi connectivity index (χ1n) is 6.44. The average molecular weight is 354 g/mol. The van der Waals surface area contributed by atoms with Gasteiger partial charge in [-0.25, -0.2) is 0 Å². The summed E-state index contributed by atoms with van der Waals surface area (Å²) in [6.07, 6.45) is 0. The summed E-state index contributed by atoms with van der Waals surface area (Å²) in [6.45, 7) is -0.330. The summed E-state index contributed by atoms with van der Waals surface area (Å²) in [5.41, 5.74) is 11.5. The van der Waals surface area contributed by atoms with Crippen molar-refractivity contribution < 1.29 is 14.3 Å². The van der Waals surface area contributed by atoms with Crippen LogP contribution < -0.4 is 21.5 Å². The van der Waals surface area contributed by atoms with Crippen LogP contribution in [0.4, 0.5) is 11.4 Å². The van der Waals surface area contributed by atoms with Crippen molar-refractivity contribution in [2.45, 2.75) is 0 Å². The van der Waals surface area contributed by atoms with E-state index in [0.717, 1.165) is 0 Å². The number of benzene rings is 2. The Balaban J connectivity index is 2.23. The lowest BCUT2D eigenvalue weighted by molar-refractivity contribution is -0.119. The lowest BCUT2D eigenvalue weighted by atomic mass is 10.2. The molecule has 2 rings (SSSR count). The molecule has 0 bridgehead atoms. The van der Waals surface area contributed by atoms with Crippen LogP contribution in [0.25, 0.3) is 0 Å². The van der Waals surface area contributed by atoms with Crippen molar-refractivity contribution in [3.05, 3.63) is 52.0 Å². The molecule has 23 heavy (non-hydrogen) atoms. The van der Waals surface area contributed by atoms with E-state index in [0.29, 0.717) is 5.69 Å². The van der Waals surface area contributed by atoms with Gasteiger partial charge in [-0.3, -0.25) is 9.59 Å². The van der Waals surface area contributed by atoms with E-state index in [1.807, 2.05) is 0 Å². The van der Waals surface area contributed by atoms with Gasteiger partial charge in [-0.1, -0.05) is 35.3 Å². The highest BCUT2D eigenvalue weighted by atomic mass is 35.5. The Labute approximate surface area is 142 Å². The Morgan fingerprint density at radius 3 is 2.35 bits per heavy atom. The molecule has 120 valence electrons. The molecular formula is C15H13Cl2N3O3. The SMILES string of the molecule is NC(=O)COc1ccccc1C(=O)Nc1cc(Cl)c(N)c(Cl)c1. The van der Waals surface area contributed by atoms with Crippen molar-refractivity contribution in [3.8, 4) is 5.75 Å². The lowest BCUT2D eigenvalue weighted by Crippen LogP contribution is -2.21. The van der Waals surface area contributed by atoms with E-state index in [9.17, 15) is 9.59 Å². The molecule has 0 spiro atoms. The third-order valence-corrected chi connectivity index (χ3v) is 3.46. The maximum Gasteiger partial charge on any atom is 0.259 e. The van der Waals surface area contributed by atoms with Crippen LogP contribution in [0.5, 0.6) is 5.75 Å². The molecule has 8 heteroatoms. The molecule has 6 nitrogen and oxygen atoms in total. The van der Waals surface area contributed by atoms with Crippen LogP contribution in [0.3, 0.4) is 0 Å². The van der Waals surface area contributed by atoms with Crippen LogP contribution in [-0.2, 0) is 4.79 Å². The van der Waals surface area contributed by atoms with Gasteiger partial charge < -0.3 is 21.5 Å². The molecule has 0 heterocycles. The summed E-state index contributed by atoms with van der Waals surface area (Å²) >= 11 is 11.9. The first kappa shape index (κ1) is 16.9. The smallest absolute Gasteiger partial charge is 0.259 e. The van der Waals surface area contributed by atoms with Crippen LogP contribution in [0.2, 0.25) is 10.0 Å². The Hall–Kier alpha value is -2.44. The van der Waals surface area contributed by atoms with Gasteiger partial charge in [0.05, 0.1) is 21.3 Å². The highest BCUT2D eigenvalue weighted by molar-refractivity contribution is 6.39. The predicted octanol–water partition coefficient (Wildman–Crippen LogP) is 2.69. The minimum Gasteiger partial charge on any atom is -0.483 e. The predicted molar refractivity (Wildman–Crippen MR) is 90.0 cm³/mol. The second kappa shape index (κ2) is 7.21. The fourth-order valence-electron chi connectivity index (χ4n) is 1.78. The summed E-state index contributed by atoms with van der Waals surface area (Å²) in [7, 11) is 0. The minimum absolute atomic E-state index is 0.228. The zero-order valence-electron chi connectivity index (χ0n) is 11.8. The summed E-state index contributed by atoms with van der Waals surface area (Å²) in [5, 5.41) is 3.09. The second-order valence-electron chi connectivity index (χ2n) is 4.56. The van der Waals surface area contributed by atoms with Crippen molar-refractivity contribution in [2.75, 3.05) is 17.7 Å². The van der Waals surface area contributed by atoms with Gasteiger partial charge in [0.2, 0.25) is 0 Å². The van der Waals surface area contributed by atoms with Crippen LogP contribution >= 0.6 is 23.2 Å². The van der Waals surface area contributed by atoms with Crippen LogP contribution in [0.15, 0.2) is 36.4 Å². The van der Waals surface area contributed by atoms with E-state index in [-0.39, 0.29) is 33.7 Å². The van der Waals surface area contributed by atoms with E-state index >= 15 is 0 Å². The summed E-state index contributed by atoms with van der Waals surface area (Å²) in [4.78, 5) is 23.2. The minimum atomic E-state index is -0.641. The van der Waals surface area contributed by atoms with Crippen molar-refractivity contribution in [1.29, 1.82) is 0 Å². The largest absolute Gasteiger partial charge is 0.483 e. The maximum atomic E-state index is 12.4. The fourth-order valence-corrected chi connectivity index (χ4v) is 2.27. The Kier molecular flexibility index (Phi) is 5.31. The summed E-state index contributed by atoms with van der Waals surface area (Å²) in [6, 6.07) is 9.40. The van der Waals surface area contributed by atoms with E-state index in [1.54, 1.807) is 24.3 Å². The van der Waals surface area contributed by atoms with E-state index in [2.05, 4.69) is 5.32 Å². The molecule has 0 radical (unpaired) electrons. The number of primary amides is 1. The molecule has 0 atom stereocenters. The first-order chi connectivity index (χ1) is 10.9. The van der Waals surface area contributed by atoms with Crippen LogP contribution in [0.1, 0.15) is 10.4 Å². The number of hydrogen-bond acceptors (Lipinski definition) is 4. The first-order valence-corrected chi connectivity index (χ1v) is 7.20. The van der Waals surface area contributed by atoms with Gasteiger partial charge in [0.15, 0.2) is 6.61 Å². The zero-order chi connectivity index (χ0) is 17.0. The van der Waals surface area contributed by atoms with Crippen molar-refractivity contribution in [2.24, 2.45) is 5.73 Å². The molecule has 0 saturated heterocycles. The van der Waals surface area contributed by atoms with E-state index in [4.69, 9.17) is 39.4 Å². The number of para-hydroxylation sites is 1. The number of carbonyl (C=O) groups is 2. The molecule has 2 aromatic carbocycles. The standard InChI is InChI=1S/C15H13Cl2N3O3/c16-10-5-8(6-11(17)14(10)19)20-15(22)9-3-1-2-4-12(9)23-7-13(18)21/h1-6H,7,19H2,(H2,18,21)(H,20,22). The number of ether oxygens (including phenoxy) is 1. The fraction of sp³-hybridized carbons (Fsp3) is 0.0667. The number of halogens is 2. The van der Waals surface area contributed by atoms with Gasteiger partial charge in [0, 0.05) is 5.69 Å². The number of nitrogens with two attached hydrogens (primary N) is 2. The topological polar surface area (TPSA) is 107 Å². The highest BCUT2D eigenvalue weighted by Gasteiger charge is 2.14. The zero-order valence-corrected chi connectivity index (χ0v) is 13.3. The van der Waals surface area contributed by atoms with Crippen molar-refractivity contribution in [1.82, 2.24) is 0 Å². The molecule has 0 aliphatic carbocycles. The average Bonchev–Trinajstić information content (AvgIpc) is 2.50. The number of nitrogen functional groups attached to an aromatic ring is 1. The van der Waals surface area contributed by atoms with Gasteiger partial charge in [-0.15, -0.1) is 0 Å². The Morgan fingerprint density at radius 2 is 1.74 bits per heavy atom. The monoisotopic (exact) mass is 353 g/mol. The molecule has 0 aromatic heterocycles. The number of amides is 2. The van der Waals surface area contributed by atoms with Gasteiger partial charge in [0.1, 0.15) is 5.75 Å². The molecule has 5 N–H and O–H groups in total. The molecular weight excluding hydrogens is 341 g/mol. The Morgan fingerprint density at radius 1 is 1.13 bits per heavy atom. The van der Waals surface area contributed by atoms with Gasteiger partial charge in [0.25, 0.3) is 11.8 Å². The van der Waals surface area contributed by atoms with Gasteiger partial charge >= 0.3 is 0 Å². The molecule has 0 saturated carbocycles. The van der Waals surface area contributed by atoms with Gasteiger partial charge in [-0.05, 0) is 24.3 Å². The van der Waals surface area contributed by atoms with Crippen LogP contribution in [-0.4, -0.2) is 18.4 Å². The van der Waals surface area contributed by atoms with E-state index < -0.39 is 11.8 Å². The molecule has 0 unspecified atom stereocenters. The normalized spacial score (nSPS) is 10.2. The molecule has 0 aliphatic rings. The maximum absolute atomic E-state index is 12.4. The molecule has 2 aromatic rings. The molecule has 0 fully saturated rings. The third kappa shape index (κ3) is 4.28. The van der Waals surface area contributed by atoms with Crippen LogP contribution in [0, 0.1) is 0 Å². The second-order valence-corrected chi connectivity index (χ2v) is 5.37. The number of hydrogen-bond donors (Lipinski definition) is 3. The van der Waals surface area contributed by atoms with Gasteiger partial charge in [-0.2, -0.15) is 0 Å². The summed E-state index contributed by atoms with van der Waals surface area (Å²) < 4.78 is 5.22. The lowest BCUT2D eigenvalue weighted by Gasteiger charge is -2.12. The Bertz CT molecular complexity index is 742. The number of anilines is 2.